The summed E-state index contributed by atoms with van der Waals surface area (Å²) in [6.45, 7) is 1.97. The second-order valence-corrected chi connectivity index (χ2v) is 3.01. The minimum Gasteiger partial charge on any atom is -0.344 e. The lowest BCUT2D eigenvalue weighted by atomic mass is 10.2. The van der Waals surface area contributed by atoms with Gasteiger partial charge in [0.15, 0.2) is 0 Å². The van der Waals surface area contributed by atoms with E-state index in [0.717, 1.165) is 11.3 Å². The number of hydrogen-bond acceptors (Lipinski definition) is 2. The van der Waals surface area contributed by atoms with Crippen molar-refractivity contribution in [2.24, 2.45) is 0 Å². The number of aryl methyl sites for hydroxylation is 1. The fourth-order valence-corrected chi connectivity index (χ4v) is 1.41. The SMILES string of the molecule is Cc1ccccc1N1C=CNC1F. The summed E-state index contributed by atoms with van der Waals surface area (Å²) >= 11 is 0. The van der Waals surface area contributed by atoms with Crippen LogP contribution in [0, 0.1) is 6.92 Å². The Labute approximate surface area is 76.7 Å². The summed E-state index contributed by atoms with van der Waals surface area (Å²) in [5, 5.41) is 2.57. The minimum atomic E-state index is -1.14. The van der Waals surface area contributed by atoms with Crippen molar-refractivity contribution in [3.05, 3.63) is 42.2 Å². The number of hydrogen-bond donors (Lipinski definition) is 1. The zero-order valence-corrected chi connectivity index (χ0v) is 7.37. The quantitative estimate of drug-likeness (QED) is 0.663. The molecule has 1 N–H and O–H groups in total. The van der Waals surface area contributed by atoms with Crippen molar-refractivity contribution in [3.63, 3.8) is 0 Å². The number of para-hydroxylation sites is 1. The van der Waals surface area contributed by atoms with Gasteiger partial charge in [-0.2, -0.15) is 4.39 Å². The number of nitrogens with zero attached hydrogens (tertiary/aromatic N) is 1. The summed E-state index contributed by atoms with van der Waals surface area (Å²) in [5.41, 5.74) is 1.97. The Morgan fingerprint density at radius 2 is 2.15 bits per heavy atom. The smallest absolute Gasteiger partial charge is 0.250 e. The normalized spacial score (nSPS) is 20.5. The molecule has 0 radical (unpaired) electrons. The molecule has 1 aliphatic heterocycles. The highest BCUT2D eigenvalue weighted by Gasteiger charge is 2.19. The molecule has 0 saturated carbocycles. The molecule has 1 aliphatic rings. The maximum Gasteiger partial charge on any atom is 0.250 e. The predicted octanol–water partition coefficient (Wildman–Crippen LogP) is 2.13. The first-order valence-corrected chi connectivity index (χ1v) is 4.20. The van der Waals surface area contributed by atoms with Crippen molar-refractivity contribution in [1.82, 2.24) is 5.32 Å². The lowest BCUT2D eigenvalue weighted by Gasteiger charge is -2.20. The van der Waals surface area contributed by atoms with Gasteiger partial charge >= 0.3 is 0 Å². The summed E-state index contributed by atoms with van der Waals surface area (Å²) in [6.07, 6.45) is 2.17. The number of alkyl halides is 1. The molecule has 13 heavy (non-hydrogen) atoms. The van der Waals surface area contributed by atoms with Crippen LogP contribution >= 0.6 is 0 Å². The van der Waals surface area contributed by atoms with Gasteiger partial charge in [0.1, 0.15) is 0 Å². The van der Waals surface area contributed by atoms with Gasteiger partial charge in [0.25, 0.3) is 6.42 Å². The van der Waals surface area contributed by atoms with E-state index >= 15 is 0 Å². The Kier molecular flexibility index (Phi) is 1.93. The summed E-state index contributed by atoms with van der Waals surface area (Å²) in [7, 11) is 0. The van der Waals surface area contributed by atoms with Gasteiger partial charge in [-0.05, 0) is 18.6 Å². The van der Waals surface area contributed by atoms with Crippen LogP contribution in [0.2, 0.25) is 0 Å². The third kappa shape index (κ3) is 1.37. The van der Waals surface area contributed by atoms with E-state index in [0.29, 0.717) is 0 Å². The molecule has 1 aromatic rings. The maximum absolute atomic E-state index is 13.2. The van der Waals surface area contributed by atoms with Crippen LogP contribution < -0.4 is 10.2 Å². The van der Waals surface area contributed by atoms with Gasteiger partial charge in [-0.25, -0.2) is 0 Å². The van der Waals surface area contributed by atoms with Crippen LogP contribution in [0.15, 0.2) is 36.7 Å². The van der Waals surface area contributed by atoms with Crippen molar-refractivity contribution in [1.29, 1.82) is 0 Å². The number of nitrogens with one attached hydrogen (secondary N) is 1. The van der Waals surface area contributed by atoms with Crippen molar-refractivity contribution in [3.8, 4) is 0 Å². The molecular formula is C10H11FN2. The van der Waals surface area contributed by atoms with Crippen LogP contribution in [0.4, 0.5) is 10.1 Å². The largest absolute Gasteiger partial charge is 0.344 e. The fraction of sp³-hybridized carbons (Fsp3) is 0.200. The minimum absolute atomic E-state index is 0.899. The highest BCUT2D eigenvalue weighted by molar-refractivity contribution is 5.56. The maximum atomic E-state index is 13.2. The first kappa shape index (κ1) is 8.10. The summed E-state index contributed by atoms with van der Waals surface area (Å²) in [5.74, 6) is 0. The standard InChI is InChI=1S/C10H11FN2/c1-8-4-2-3-5-9(8)13-7-6-12-10(13)11/h2-7,10,12H,1H3. The van der Waals surface area contributed by atoms with E-state index in [1.807, 2.05) is 31.2 Å². The van der Waals surface area contributed by atoms with Crippen LogP contribution in [-0.4, -0.2) is 6.42 Å². The molecule has 68 valence electrons. The molecular weight excluding hydrogens is 167 g/mol. The molecule has 0 fully saturated rings. The Morgan fingerprint density at radius 3 is 2.77 bits per heavy atom. The second-order valence-electron chi connectivity index (χ2n) is 3.01. The molecule has 1 aromatic carbocycles. The van der Waals surface area contributed by atoms with Crippen molar-refractivity contribution >= 4 is 5.69 Å². The van der Waals surface area contributed by atoms with Crippen LogP contribution in [0.5, 0.6) is 0 Å². The lowest BCUT2D eigenvalue weighted by molar-refractivity contribution is 0.320. The Morgan fingerprint density at radius 1 is 1.38 bits per heavy atom. The first-order chi connectivity index (χ1) is 6.29. The van der Waals surface area contributed by atoms with Gasteiger partial charge in [0.2, 0.25) is 0 Å². The molecule has 0 aliphatic carbocycles. The monoisotopic (exact) mass is 178 g/mol. The Bertz CT molecular complexity index is 335. The Balaban J connectivity index is 2.35. The fourth-order valence-electron chi connectivity index (χ4n) is 1.41. The van der Waals surface area contributed by atoms with E-state index in [-0.39, 0.29) is 0 Å². The molecule has 0 aromatic heterocycles. The summed E-state index contributed by atoms with van der Waals surface area (Å²) in [4.78, 5) is 1.56. The van der Waals surface area contributed by atoms with E-state index < -0.39 is 6.42 Å². The third-order valence-corrected chi connectivity index (χ3v) is 2.11. The average molecular weight is 178 g/mol. The van der Waals surface area contributed by atoms with Crippen molar-refractivity contribution < 1.29 is 4.39 Å². The van der Waals surface area contributed by atoms with Crippen LogP contribution in [0.3, 0.4) is 0 Å². The molecule has 2 rings (SSSR count). The molecule has 0 bridgehead atoms. The van der Waals surface area contributed by atoms with E-state index in [1.54, 1.807) is 17.3 Å². The molecule has 0 amide bonds. The van der Waals surface area contributed by atoms with E-state index in [9.17, 15) is 4.39 Å². The lowest BCUT2D eigenvalue weighted by Crippen LogP contribution is -2.30. The molecule has 2 nitrogen and oxygen atoms in total. The van der Waals surface area contributed by atoms with Gasteiger partial charge in [0.05, 0.1) is 0 Å². The molecule has 1 heterocycles. The summed E-state index contributed by atoms with van der Waals surface area (Å²) in [6, 6.07) is 7.72. The number of benzene rings is 1. The van der Waals surface area contributed by atoms with Gasteiger partial charge in [0, 0.05) is 18.1 Å². The van der Waals surface area contributed by atoms with E-state index in [4.69, 9.17) is 0 Å². The number of rotatable bonds is 1. The van der Waals surface area contributed by atoms with Gasteiger partial charge < -0.3 is 5.32 Å². The van der Waals surface area contributed by atoms with Crippen LogP contribution in [0.1, 0.15) is 5.56 Å². The number of halogens is 1. The average Bonchev–Trinajstić information content (AvgIpc) is 2.52. The van der Waals surface area contributed by atoms with Gasteiger partial charge in [-0.15, -0.1) is 0 Å². The van der Waals surface area contributed by atoms with Crippen LogP contribution in [0.25, 0.3) is 0 Å². The van der Waals surface area contributed by atoms with Crippen molar-refractivity contribution in [2.45, 2.75) is 13.3 Å². The predicted molar refractivity (Wildman–Crippen MR) is 50.8 cm³/mol. The van der Waals surface area contributed by atoms with Crippen molar-refractivity contribution in [2.75, 3.05) is 4.90 Å². The van der Waals surface area contributed by atoms with E-state index in [2.05, 4.69) is 5.32 Å². The first-order valence-electron chi connectivity index (χ1n) is 4.20. The Hall–Kier alpha value is -1.51. The van der Waals surface area contributed by atoms with Gasteiger partial charge in [-0.3, -0.25) is 4.90 Å². The zero-order chi connectivity index (χ0) is 9.26. The highest BCUT2D eigenvalue weighted by Crippen LogP contribution is 2.23. The van der Waals surface area contributed by atoms with Gasteiger partial charge in [-0.1, -0.05) is 18.2 Å². The molecule has 0 spiro atoms. The third-order valence-electron chi connectivity index (χ3n) is 2.11. The molecule has 0 saturated heterocycles. The molecule has 1 atom stereocenters. The molecule has 1 unspecified atom stereocenters. The highest BCUT2D eigenvalue weighted by atomic mass is 19.1. The molecule has 3 heteroatoms. The van der Waals surface area contributed by atoms with E-state index in [1.165, 1.54) is 0 Å². The second kappa shape index (κ2) is 3.09. The zero-order valence-electron chi connectivity index (χ0n) is 7.37. The van der Waals surface area contributed by atoms with Crippen LogP contribution in [-0.2, 0) is 0 Å². The summed E-state index contributed by atoms with van der Waals surface area (Å²) < 4.78 is 13.2. The number of anilines is 1. The topological polar surface area (TPSA) is 15.3 Å².